The molecular weight excluding hydrogens is 276 g/mol. The molecule has 1 N–H and O–H groups in total. The Morgan fingerprint density at radius 1 is 1.47 bits per heavy atom. The van der Waals surface area contributed by atoms with Crippen LogP contribution in [0.15, 0.2) is 28.4 Å². The highest BCUT2D eigenvalue weighted by molar-refractivity contribution is 9.11. The van der Waals surface area contributed by atoms with Crippen LogP contribution in [-0.2, 0) is 0 Å². The van der Waals surface area contributed by atoms with Crippen molar-refractivity contribution in [1.29, 1.82) is 0 Å². The monoisotopic (exact) mass is 284 g/mol. The van der Waals surface area contributed by atoms with Crippen LogP contribution in [0, 0.1) is 0 Å². The highest BCUT2D eigenvalue weighted by Crippen LogP contribution is 2.24. The minimum absolute atomic E-state index is 0.179. The van der Waals surface area contributed by atoms with Crippen molar-refractivity contribution in [3.63, 3.8) is 0 Å². The Labute approximate surface area is 99.9 Å². The van der Waals surface area contributed by atoms with Crippen LogP contribution in [0.4, 0.5) is 5.13 Å². The van der Waals surface area contributed by atoms with E-state index < -0.39 is 0 Å². The van der Waals surface area contributed by atoms with E-state index in [0.29, 0.717) is 0 Å². The normalized spacial score (nSPS) is 12.4. The summed E-state index contributed by atoms with van der Waals surface area (Å²) in [6, 6.07) is 4.13. The van der Waals surface area contributed by atoms with Crippen LogP contribution in [0.2, 0.25) is 0 Å². The first-order valence-corrected chi connectivity index (χ1v) is 6.02. The van der Waals surface area contributed by atoms with Crippen molar-refractivity contribution in [1.82, 2.24) is 15.2 Å². The summed E-state index contributed by atoms with van der Waals surface area (Å²) in [5.41, 5.74) is 1.13. The highest BCUT2D eigenvalue weighted by Gasteiger charge is 2.07. The molecule has 0 amide bonds. The number of pyridine rings is 1. The second kappa shape index (κ2) is 4.67. The minimum Gasteiger partial charge on any atom is -0.353 e. The minimum atomic E-state index is 0.179. The van der Waals surface area contributed by atoms with Crippen LogP contribution in [-0.4, -0.2) is 15.2 Å². The van der Waals surface area contributed by atoms with Gasteiger partial charge in [-0.1, -0.05) is 17.4 Å². The molecule has 0 fully saturated rings. The summed E-state index contributed by atoms with van der Waals surface area (Å²) in [6.07, 6.45) is 3.60. The predicted molar refractivity (Wildman–Crippen MR) is 63.9 cm³/mol. The number of hydrogen-bond acceptors (Lipinski definition) is 5. The van der Waals surface area contributed by atoms with Crippen molar-refractivity contribution < 1.29 is 0 Å². The number of halogens is 1. The van der Waals surface area contributed by atoms with Crippen molar-refractivity contribution >= 4 is 32.4 Å². The lowest BCUT2D eigenvalue weighted by Gasteiger charge is -2.11. The van der Waals surface area contributed by atoms with Gasteiger partial charge in [0.25, 0.3) is 0 Å². The standard InChI is InChI=1S/C9H9BrN4S/c1-6(7-3-2-4-11-5-7)12-9-14-13-8(10)15-9/h2-6H,1H3,(H,12,14). The summed E-state index contributed by atoms with van der Waals surface area (Å²) in [5.74, 6) is 0. The Hall–Kier alpha value is -1.01. The molecule has 0 radical (unpaired) electrons. The third kappa shape index (κ3) is 2.73. The van der Waals surface area contributed by atoms with E-state index >= 15 is 0 Å². The van der Waals surface area contributed by atoms with Crippen LogP contribution in [0.3, 0.4) is 0 Å². The maximum absolute atomic E-state index is 4.07. The summed E-state index contributed by atoms with van der Waals surface area (Å²) < 4.78 is 0.781. The summed E-state index contributed by atoms with van der Waals surface area (Å²) in [5, 5.41) is 11.9. The molecule has 0 aliphatic rings. The van der Waals surface area contributed by atoms with E-state index in [0.717, 1.165) is 14.6 Å². The highest BCUT2D eigenvalue weighted by atomic mass is 79.9. The molecule has 2 heterocycles. The van der Waals surface area contributed by atoms with Crippen LogP contribution in [0.5, 0.6) is 0 Å². The number of aromatic nitrogens is 3. The SMILES string of the molecule is CC(Nc1nnc(Br)s1)c1cccnc1. The molecule has 4 nitrogen and oxygen atoms in total. The van der Waals surface area contributed by atoms with Crippen LogP contribution < -0.4 is 5.32 Å². The molecule has 0 bridgehead atoms. The Kier molecular flexibility index (Phi) is 3.27. The van der Waals surface area contributed by atoms with E-state index in [1.54, 1.807) is 6.20 Å². The van der Waals surface area contributed by atoms with Crippen LogP contribution >= 0.6 is 27.3 Å². The first-order valence-electron chi connectivity index (χ1n) is 4.41. The van der Waals surface area contributed by atoms with Gasteiger partial charge >= 0.3 is 0 Å². The Balaban J connectivity index is 2.07. The number of anilines is 1. The fraction of sp³-hybridized carbons (Fsp3) is 0.222. The van der Waals surface area contributed by atoms with Gasteiger partial charge in [0.15, 0.2) is 3.92 Å². The van der Waals surface area contributed by atoms with Crippen LogP contribution in [0.1, 0.15) is 18.5 Å². The quantitative estimate of drug-likeness (QED) is 0.942. The van der Waals surface area contributed by atoms with Gasteiger partial charge in [-0.2, -0.15) is 0 Å². The Bertz CT molecular complexity index is 431. The summed E-state index contributed by atoms with van der Waals surface area (Å²) in [7, 11) is 0. The molecule has 0 aliphatic carbocycles. The molecular formula is C9H9BrN4S. The Morgan fingerprint density at radius 2 is 2.33 bits per heavy atom. The summed E-state index contributed by atoms with van der Waals surface area (Å²) >= 11 is 4.74. The van der Waals surface area contributed by atoms with E-state index in [1.165, 1.54) is 11.3 Å². The van der Waals surface area contributed by atoms with E-state index in [4.69, 9.17) is 0 Å². The number of nitrogens with zero attached hydrogens (tertiary/aromatic N) is 3. The van der Waals surface area contributed by atoms with Gasteiger partial charge in [-0.25, -0.2) is 0 Å². The van der Waals surface area contributed by atoms with Gasteiger partial charge in [0, 0.05) is 12.4 Å². The third-order valence-electron chi connectivity index (χ3n) is 1.92. The smallest absolute Gasteiger partial charge is 0.206 e. The molecule has 1 atom stereocenters. The van der Waals surface area contributed by atoms with Crippen LogP contribution in [0.25, 0.3) is 0 Å². The molecule has 0 saturated heterocycles. The molecule has 6 heteroatoms. The largest absolute Gasteiger partial charge is 0.353 e. The zero-order chi connectivity index (χ0) is 10.7. The maximum Gasteiger partial charge on any atom is 0.206 e. The Morgan fingerprint density at radius 3 is 2.93 bits per heavy atom. The van der Waals surface area contributed by atoms with Gasteiger partial charge in [0.2, 0.25) is 5.13 Å². The van der Waals surface area contributed by atoms with Gasteiger partial charge in [-0.05, 0) is 34.5 Å². The fourth-order valence-electron chi connectivity index (χ4n) is 1.16. The topological polar surface area (TPSA) is 50.7 Å². The van der Waals surface area contributed by atoms with Gasteiger partial charge in [-0.15, -0.1) is 10.2 Å². The van der Waals surface area contributed by atoms with Crippen molar-refractivity contribution in [3.8, 4) is 0 Å². The fourth-order valence-corrected chi connectivity index (χ4v) is 2.26. The molecule has 1 unspecified atom stereocenters. The molecule has 0 saturated carbocycles. The van der Waals surface area contributed by atoms with Crippen molar-refractivity contribution in [3.05, 3.63) is 34.0 Å². The van der Waals surface area contributed by atoms with E-state index in [2.05, 4.69) is 43.4 Å². The number of rotatable bonds is 3. The van der Waals surface area contributed by atoms with E-state index in [-0.39, 0.29) is 6.04 Å². The van der Waals surface area contributed by atoms with Gasteiger partial charge in [-0.3, -0.25) is 4.98 Å². The third-order valence-corrected chi connectivity index (χ3v) is 3.21. The molecule has 0 aliphatic heterocycles. The first kappa shape index (κ1) is 10.5. The van der Waals surface area contributed by atoms with Gasteiger partial charge in [0.1, 0.15) is 0 Å². The number of hydrogen-bond donors (Lipinski definition) is 1. The second-order valence-corrected chi connectivity index (χ2v) is 5.27. The lowest BCUT2D eigenvalue weighted by molar-refractivity contribution is 0.865. The lowest BCUT2D eigenvalue weighted by Crippen LogP contribution is -2.06. The molecule has 2 aromatic heterocycles. The average molecular weight is 285 g/mol. The average Bonchev–Trinajstić information content (AvgIpc) is 2.65. The predicted octanol–water partition coefficient (Wildman–Crippen LogP) is 2.87. The number of nitrogens with one attached hydrogen (secondary N) is 1. The molecule has 15 heavy (non-hydrogen) atoms. The summed E-state index contributed by atoms with van der Waals surface area (Å²) in [4.78, 5) is 4.07. The lowest BCUT2D eigenvalue weighted by atomic mass is 10.1. The van der Waals surface area contributed by atoms with E-state index in [9.17, 15) is 0 Å². The van der Waals surface area contributed by atoms with Gasteiger partial charge in [0.05, 0.1) is 6.04 Å². The molecule has 0 aromatic carbocycles. The van der Waals surface area contributed by atoms with Crippen molar-refractivity contribution in [2.75, 3.05) is 5.32 Å². The molecule has 0 spiro atoms. The van der Waals surface area contributed by atoms with E-state index in [1.807, 2.05) is 18.3 Å². The molecule has 78 valence electrons. The maximum atomic E-state index is 4.07. The van der Waals surface area contributed by atoms with Crippen molar-refractivity contribution in [2.45, 2.75) is 13.0 Å². The van der Waals surface area contributed by atoms with Crippen molar-refractivity contribution in [2.24, 2.45) is 0 Å². The zero-order valence-corrected chi connectivity index (χ0v) is 10.4. The summed E-state index contributed by atoms with van der Waals surface area (Å²) in [6.45, 7) is 2.06. The second-order valence-electron chi connectivity index (χ2n) is 3.01. The first-order chi connectivity index (χ1) is 7.25. The molecule has 2 rings (SSSR count). The zero-order valence-electron chi connectivity index (χ0n) is 8.01. The van der Waals surface area contributed by atoms with Gasteiger partial charge < -0.3 is 5.32 Å². The molecule has 2 aromatic rings.